The van der Waals surface area contributed by atoms with Crippen LogP contribution in [0.4, 0.5) is 5.69 Å². The van der Waals surface area contributed by atoms with Crippen LogP contribution >= 0.6 is 11.3 Å². The summed E-state index contributed by atoms with van der Waals surface area (Å²) in [6, 6.07) is 5.91. The molecule has 2 N–H and O–H groups in total. The maximum atomic E-state index is 12.1. The third-order valence-electron chi connectivity index (χ3n) is 4.41. The first-order valence-corrected chi connectivity index (χ1v) is 9.02. The Balaban J connectivity index is 1.82. The Hall–Kier alpha value is -2.54. The number of hydrazone groups is 1. The Kier molecular flexibility index (Phi) is 3.88. The minimum Gasteiger partial charge on any atom is -0.454 e. The first-order chi connectivity index (χ1) is 12.0. The van der Waals surface area contributed by atoms with Crippen LogP contribution in [0.2, 0.25) is 0 Å². The summed E-state index contributed by atoms with van der Waals surface area (Å²) in [5.41, 5.74) is 9.56. The van der Waals surface area contributed by atoms with Gasteiger partial charge in [-0.3, -0.25) is 4.79 Å². The molecule has 130 valence electrons. The van der Waals surface area contributed by atoms with E-state index < -0.39 is 0 Å². The number of carbonyl (C=O) groups excluding carboxylic acids is 1. The molecule has 6 nitrogen and oxygen atoms in total. The first kappa shape index (κ1) is 16.0. The van der Waals surface area contributed by atoms with Gasteiger partial charge in [-0.25, -0.2) is 5.01 Å². The Bertz CT molecular complexity index is 874. The van der Waals surface area contributed by atoms with Crippen molar-refractivity contribution in [3.8, 4) is 11.5 Å². The fourth-order valence-corrected chi connectivity index (χ4v) is 4.06. The average molecular weight is 357 g/mol. The maximum absolute atomic E-state index is 12.1. The molecule has 1 atom stereocenters. The minimum absolute atomic E-state index is 0.0254. The highest BCUT2D eigenvalue weighted by atomic mass is 32.1. The third kappa shape index (κ3) is 2.95. The fraction of sp³-hybridized carbons (Fsp3) is 0.333. The average Bonchev–Trinajstić information content (AvgIpc) is 3.15. The van der Waals surface area contributed by atoms with Gasteiger partial charge in [-0.2, -0.15) is 5.10 Å². The lowest BCUT2D eigenvalue weighted by Gasteiger charge is -2.21. The Labute approximate surface area is 149 Å². The van der Waals surface area contributed by atoms with Crippen molar-refractivity contribution >= 4 is 28.6 Å². The van der Waals surface area contributed by atoms with Crippen molar-refractivity contribution in [3.05, 3.63) is 39.6 Å². The molecule has 0 bridgehead atoms. The van der Waals surface area contributed by atoms with Crippen LogP contribution in [0, 0.1) is 0 Å². The van der Waals surface area contributed by atoms with Crippen LogP contribution in [0.15, 0.2) is 28.7 Å². The van der Waals surface area contributed by atoms with E-state index in [9.17, 15) is 4.79 Å². The van der Waals surface area contributed by atoms with Gasteiger partial charge in [0.2, 0.25) is 12.7 Å². The summed E-state index contributed by atoms with van der Waals surface area (Å²) < 4.78 is 11.0. The normalized spacial score (nSPS) is 18.6. The molecule has 0 unspecified atom stereocenters. The molecule has 3 heterocycles. The second-order valence-electron chi connectivity index (χ2n) is 6.35. The van der Waals surface area contributed by atoms with Gasteiger partial charge in [0.25, 0.3) is 0 Å². The van der Waals surface area contributed by atoms with Crippen molar-refractivity contribution in [2.24, 2.45) is 5.10 Å². The molecule has 4 rings (SSSR count). The summed E-state index contributed by atoms with van der Waals surface area (Å²) in [6.45, 7) is 3.79. The van der Waals surface area contributed by atoms with Crippen LogP contribution in [0.1, 0.15) is 29.9 Å². The molecular weight excluding hydrogens is 338 g/mol. The second kappa shape index (κ2) is 6.07. The highest BCUT2D eigenvalue weighted by Crippen LogP contribution is 2.37. The molecule has 0 saturated carbocycles. The second-order valence-corrected chi connectivity index (χ2v) is 7.34. The number of hydrogen-bond acceptors (Lipinski definition) is 6. The van der Waals surface area contributed by atoms with Gasteiger partial charge in [0.15, 0.2) is 11.5 Å². The number of benzene rings is 1. The smallest absolute Gasteiger partial charge is 0.239 e. The molecule has 2 aliphatic rings. The molecule has 0 spiro atoms. The molecule has 1 aromatic carbocycles. The highest BCUT2D eigenvalue weighted by molar-refractivity contribution is 7.10. The maximum Gasteiger partial charge on any atom is 0.239 e. The predicted molar refractivity (Wildman–Crippen MR) is 97.2 cm³/mol. The number of hydrogen-bond donors (Lipinski definition) is 1. The van der Waals surface area contributed by atoms with E-state index >= 15 is 0 Å². The summed E-state index contributed by atoms with van der Waals surface area (Å²) in [7, 11) is 0. The molecule has 0 aliphatic carbocycles. The molecule has 7 heteroatoms. The lowest BCUT2D eigenvalue weighted by atomic mass is 9.96. The van der Waals surface area contributed by atoms with Crippen LogP contribution < -0.4 is 15.2 Å². The number of anilines is 1. The van der Waals surface area contributed by atoms with Crippen molar-refractivity contribution in [3.63, 3.8) is 0 Å². The van der Waals surface area contributed by atoms with Gasteiger partial charge in [0.05, 0.1) is 11.8 Å². The predicted octanol–water partition coefficient (Wildman–Crippen LogP) is 2.80. The van der Waals surface area contributed by atoms with Crippen molar-refractivity contribution in [2.75, 3.05) is 12.5 Å². The number of ether oxygens (including phenoxy) is 2. The topological polar surface area (TPSA) is 77.2 Å². The largest absolute Gasteiger partial charge is 0.454 e. The number of fused-ring (bicyclic) bond motifs is 2. The zero-order chi connectivity index (χ0) is 17.6. The van der Waals surface area contributed by atoms with E-state index in [0.29, 0.717) is 12.8 Å². The number of rotatable bonds is 2. The van der Waals surface area contributed by atoms with Crippen molar-refractivity contribution < 1.29 is 14.3 Å². The molecular formula is C18H19N3O3S. The molecule has 1 amide bonds. The van der Waals surface area contributed by atoms with Gasteiger partial charge in [-0.15, -0.1) is 11.3 Å². The zero-order valence-electron chi connectivity index (χ0n) is 14.1. The summed E-state index contributed by atoms with van der Waals surface area (Å²) in [4.78, 5) is 13.2. The van der Waals surface area contributed by atoms with Gasteiger partial charge in [0.1, 0.15) is 0 Å². The summed E-state index contributed by atoms with van der Waals surface area (Å²) in [6.07, 6.45) is 1.33. The Morgan fingerprint density at radius 1 is 1.36 bits per heavy atom. The lowest BCUT2D eigenvalue weighted by molar-refractivity contribution is -0.130. The van der Waals surface area contributed by atoms with Gasteiger partial charge >= 0.3 is 0 Å². The van der Waals surface area contributed by atoms with E-state index in [-0.39, 0.29) is 18.7 Å². The van der Waals surface area contributed by atoms with Crippen molar-refractivity contribution in [2.45, 2.75) is 32.7 Å². The van der Waals surface area contributed by atoms with Gasteiger partial charge < -0.3 is 15.2 Å². The molecule has 2 aromatic rings. The molecule has 0 saturated heterocycles. The van der Waals surface area contributed by atoms with E-state index in [1.54, 1.807) is 23.3 Å². The summed E-state index contributed by atoms with van der Waals surface area (Å²) in [5.74, 6) is 1.41. The van der Waals surface area contributed by atoms with Crippen molar-refractivity contribution in [1.29, 1.82) is 0 Å². The van der Waals surface area contributed by atoms with E-state index in [0.717, 1.165) is 38.9 Å². The van der Waals surface area contributed by atoms with Crippen LogP contribution in [-0.2, 0) is 17.6 Å². The van der Waals surface area contributed by atoms with Crippen molar-refractivity contribution in [1.82, 2.24) is 5.01 Å². The number of carbonyl (C=O) groups is 1. The monoisotopic (exact) mass is 357 g/mol. The SMILES string of the molecule is CC(=O)N1N=C(Cc2cc(N)cs2)c2cc3c(cc2C[C@H]1C)OCO3. The highest BCUT2D eigenvalue weighted by Gasteiger charge is 2.28. The van der Waals surface area contributed by atoms with E-state index in [1.165, 1.54) is 0 Å². The fourth-order valence-electron chi connectivity index (χ4n) is 3.28. The van der Waals surface area contributed by atoms with E-state index in [1.807, 2.05) is 30.5 Å². The standard InChI is InChI=1S/C18H19N3O3S/c1-10-3-12-4-17-18(24-9-23-17)7-15(12)16(20-21(10)11(2)22)6-14-5-13(19)8-25-14/h4-5,7-8,10H,3,6,9,19H2,1-2H3/t10-/m1/s1. The molecule has 0 fully saturated rings. The molecule has 2 aliphatic heterocycles. The summed E-state index contributed by atoms with van der Waals surface area (Å²) in [5, 5.41) is 8.18. The number of nitrogens with zero attached hydrogens (tertiary/aromatic N) is 2. The van der Waals surface area contributed by atoms with Crippen LogP contribution in [-0.4, -0.2) is 29.5 Å². The van der Waals surface area contributed by atoms with E-state index in [4.69, 9.17) is 20.3 Å². The van der Waals surface area contributed by atoms with Crippen LogP contribution in [0.5, 0.6) is 11.5 Å². The Morgan fingerprint density at radius 3 is 2.80 bits per heavy atom. The Morgan fingerprint density at radius 2 is 2.12 bits per heavy atom. The number of nitrogen functional groups attached to an aromatic ring is 1. The third-order valence-corrected chi connectivity index (χ3v) is 5.36. The van der Waals surface area contributed by atoms with Gasteiger partial charge in [-0.05, 0) is 37.1 Å². The quantitative estimate of drug-likeness (QED) is 0.896. The summed E-state index contributed by atoms with van der Waals surface area (Å²) >= 11 is 1.60. The minimum atomic E-state index is -0.0662. The number of amides is 1. The number of thiophene rings is 1. The van der Waals surface area contributed by atoms with Crippen LogP contribution in [0.3, 0.4) is 0 Å². The van der Waals surface area contributed by atoms with E-state index in [2.05, 4.69) is 0 Å². The first-order valence-electron chi connectivity index (χ1n) is 8.14. The van der Waals surface area contributed by atoms with Crippen LogP contribution in [0.25, 0.3) is 0 Å². The van der Waals surface area contributed by atoms with Gasteiger partial charge in [-0.1, -0.05) is 0 Å². The lowest BCUT2D eigenvalue weighted by Crippen LogP contribution is -2.33. The molecule has 25 heavy (non-hydrogen) atoms. The molecule has 0 radical (unpaired) electrons. The zero-order valence-corrected chi connectivity index (χ0v) is 14.9. The van der Waals surface area contributed by atoms with Gasteiger partial charge in [0, 0.05) is 34.9 Å². The molecule has 1 aromatic heterocycles. The number of nitrogens with two attached hydrogens (primary N) is 1.